The summed E-state index contributed by atoms with van der Waals surface area (Å²) in [5.41, 5.74) is 4.62. The number of ether oxygens (including phenoxy) is 2. The minimum atomic E-state index is -0.108. The van der Waals surface area contributed by atoms with E-state index >= 15 is 0 Å². The van der Waals surface area contributed by atoms with Gasteiger partial charge in [-0.3, -0.25) is 0 Å². The molecular formula is C22H29N3O3. The lowest BCUT2D eigenvalue weighted by atomic mass is 10.0. The quantitative estimate of drug-likeness (QED) is 0.850. The highest BCUT2D eigenvalue weighted by atomic mass is 16.5. The van der Waals surface area contributed by atoms with Crippen molar-refractivity contribution in [3.8, 4) is 11.5 Å². The molecule has 2 aromatic rings. The second-order valence-corrected chi connectivity index (χ2v) is 6.91. The number of piperazine rings is 1. The van der Waals surface area contributed by atoms with Gasteiger partial charge in [-0.1, -0.05) is 25.1 Å². The summed E-state index contributed by atoms with van der Waals surface area (Å²) in [6.07, 6.45) is 1.01. The molecule has 0 unspecified atom stereocenters. The summed E-state index contributed by atoms with van der Waals surface area (Å²) in [4.78, 5) is 17.0. The van der Waals surface area contributed by atoms with Crippen molar-refractivity contribution in [3.05, 3.63) is 47.5 Å². The molecular weight excluding hydrogens is 354 g/mol. The first-order chi connectivity index (χ1) is 13.6. The Bertz CT molecular complexity index is 830. The Hall–Kier alpha value is -2.89. The number of aryl methyl sites for hydroxylation is 2. The maximum Gasteiger partial charge on any atom is 0.322 e. The number of hydrogen-bond donors (Lipinski definition) is 1. The Morgan fingerprint density at radius 2 is 1.82 bits per heavy atom. The van der Waals surface area contributed by atoms with Gasteiger partial charge in [-0.2, -0.15) is 0 Å². The third-order valence-corrected chi connectivity index (χ3v) is 5.24. The number of methoxy groups -OCH3 is 2. The smallest absolute Gasteiger partial charge is 0.322 e. The fourth-order valence-electron chi connectivity index (χ4n) is 3.69. The van der Waals surface area contributed by atoms with Crippen LogP contribution in [0, 0.1) is 6.92 Å². The van der Waals surface area contributed by atoms with Crippen molar-refractivity contribution < 1.29 is 14.3 Å². The molecule has 0 spiro atoms. The van der Waals surface area contributed by atoms with Crippen LogP contribution in [0.5, 0.6) is 11.5 Å². The molecule has 1 N–H and O–H groups in total. The summed E-state index contributed by atoms with van der Waals surface area (Å²) in [6, 6.07) is 11.7. The second kappa shape index (κ2) is 8.87. The van der Waals surface area contributed by atoms with Crippen LogP contribution < -0.4 is 19.7 Å². The monoisotopic (exact) mass is 383 g/mol. The lowest BCUT2D eigenvalue weighted by molar-refractivity contribution is 0.208. The number of urea groups is 1. The summed E-state index contributed by atoms with van der Waals surface area (Å²) in [7, 11) is 3.18. The second-order valence-electron chi connectivity index (χ2n) is 6.91. The summed E-state index contributed by atoms with van der Waals surface area (Å²) in [6.45, 7) is 7.35. The van der Waals surface area contributed by atoms with Gasteiger partial charge < -0.3 is 24.6 Å². The molecule has 0 radical (unpaired) electrons. The topological polar surface area (TPSA) is 54.0 Å². The zero-order valence-electron chi connectivity index (χ0n) is 17.1. The summed E-state index contributed by atoms with van der Waals surface area (Å²) in [5, 5.41) is 2.96. The van der Waals surface area contributed by atoms with Gasteiger partial charge in [0.05, 0.1) is 19.9 Å². The number of carbonyl (C=O) groups is 1. The van der Waals surface area contributed by atoms with E-state index in [-0.39, 0.29) is 6.03 Å². The summed E-state index contributed by atoms with van der Waals surface area (Å²) >= 11 is 0. The lowest BCUT2D eigenvalue weighted by Crippen LogP contribution is -2.50. The molecule has 150 valence electrons. The van der Waals surface area contributed by atoms with Crippen LogP contribution in [0.4, 0.5) is 16.2 Å². The Balaban J connectivity index is 1.65. The standard InChI is InChI=1S/C22H29N3O3/c1-5-17-8-6-7-16(2)21(17)24-11-13-25(14-12-24)22(26)23-19-10-9-18(27-3)15-20(19)28-4/h6-10,15H,5,11-14H2,1-4H3,(H,23,26). The Kier molecular flexibility index (Phi) is 6.29. The van der Waals surface area contributed by atoms with Gasteiger partial charge in [0.2, 0.25) is 0 Å². The van der Waals surface area contributed by atoms with E-state index in [0.717, 1.165) is 19.5 Å². The van der Waals surface area contributed by atoms with Gasteiger partial charge in [-0.15, -0.1) is 0 Å². The van der Waals surface area contributed by atoms with Crippen LogP contribution in [0.2, 0.25) is 0 Å². The van der Waals surface area contributed by atoms with E-state index in [2.05, 4.69) is 42.3 Å². The van der Waals surface area contributed by atoms with Crippen molar-refractivity contribution >= 4 is 17.4 Å². The van der Waals surface area contributed by atoms with E-state index in [0.29, 0.717) is 30.3 Å². The van der Waals surface area contributed by atoms with Crippen LogP contribution >= 0.6 is 0 Å². The van der Waals surface area contributed by atoms with E-state index in [1.807, 2.05) is 4.90 Å². The molecule has 0 aromatic heterocycles. The number of nitrogens with zero attached hydrogens (tertiary/aromatic N) is 2. The van der Waals surface area contributed by atoms with Gasteiger partial charge in [0.1, 0.15) is 11.5 Å². The molecule has 28 heavy (non-hydrogen) atoms. The predicted octanol–water partition coefficient (Wildman–Crippen LogP) is 3.93. The first kappa shape index (κ1) is 19.9. The number of benzene rings is 2. The van der Waals surface area contributed by atoms with Crippen molar-refractivity contribution in [2.75, 3.05) is 50.6 Å². The largest absolute Gasteiger partial charge is 0.497 e. The molecule has 0 bridgehead atoms. The number of hydrogen-bond acceptors (Lipinski definition) is 4. The fraction of sp³-hybridized carbons (Fsp3) is 0.409. The normalized spacial score (nSPS) is 14.0. The Morgan fingerprint density at radius 3 is 2.46 bits per heavy atom. The van der Waals surface area contributed by atoms with Gasteiger partial charge in [-0.25, -0.2) is 4.79 Å². The van der Waals surface area contributed by atoms with E-state index in [1.165, 1.54) is 16.8 Å². The highest BCUT2D eigenvalue weighted by Gasteiger charge is 2.24. The third-order valence-electron chi connectivity index (χ3n) is 5.24. The number of nitrogens with one attached hydrogen (secondary N) is 1. The van der Waals surface area contributed by atoms with E-state index < -0.39 is 0 Å². The average Bonchev–Trinajstić information content (AvgIpc) is 2.73. The zero-order valence-corrected chi connectivity index (χ0v) is 17.1. The van der Waals surface area contributed by atoms with E-state index in [9.17, 15) is 4.79 Å². The van der Waals surface area contributed by atoms with Crippen molar-refractivity contribution in [2.24, 2.45) is 0 Å². The molecule has 0 saturated carbocycles. The van der Waals surface area contributed by atoms with Gasteiger partial charge >= 0.3 is 6.03 Å². The van der Waals surface area contributed by atoms with Crippen LogP contribution in [-0.2, 0) is 6.42 Å². The molecule has 0 aliphatic carbocycles. The van der Waals surface area contributed by atoms with Crippen molar-refractivity contribution in [1.29, 1.82) is 0 Å². The third kappa shape index (κ3) is 4.16. The van der Waals surface area contributed by atoms with Gasteiger partial charge in [-0.05, 0) is 36.6 Å². The zero-order chi connectivity index (χ0) is 20.1. The molecule has 1 heterocycles. The predicted molar refractivity (Wildman–Crippen MR) is 113 cm³/mol. The van der Waals surface area contributed by atoms with Gasteiger partial charge in [0.25, 0.3) is 0 Å². The van der Waals surface area contributed by atoms with E-state index in [1.54, 1.807) is 32.4 Å². The minimum absolute atomic E-state index is 0.108. The number of amides is 2. The average molecular weight is 383 g/mol. The fourth-order valence-corrected chi connectivity index (χ4v) is 3.69. The molecule has 3 rings (SSSR count). The molecule has 1 aliphatic heterocycles. The van der Waals surface area contributed by atoms with Crippen molar-refractivity contribution in [3.63, 3.8) is 0 Å². The Morgan fingerprint density at radius 1 is 1.07 bits per heavy atom. The first-order valence-electron chi connectivity index (χ1n) is 9.68. The molecule has 2 amide bonds. The van der Waals surface area contributed by atoms with Crippen LogP contribution in [-0.4, -0.2) is 51.3 Å². The SMILES string of the molecule is CCc1cccc(C)c1N1CCN(C(=O)Nc2ccc(OC)cc2OC)CC1. The summed E-state index contributed by atoms with van der Waals surface area (Å²) < 4.78 is 10.6. The highest BCUT2D eigenvalue weighted by molar-refractivity contribution is 5.91. The first-order valence-corrected chi connectivity index (χ1v) is 9.68. The molecule has 0 atom stereocenters. The molecule has 6 nitrogen and oxygen atoms in total. The maximum atomic E-state index is 12.7. The molecule has 1 saturated heterocycles. The molecule has 1 fully saturated rings. The highest BCUT2D eigenvalue weighted by Crippen LogP contribution is 2.30. The van der Waals surface area contributed by atoms with Gasteiger partial charge in [0.15, 0.2) is 0 Å². The van der Waals surface area contributed by atoms with Crippen LogP contribution in [0.1, 0.15) is 18.1 Å². The van der Waals surface area contributed by atoms with E-state index in [4.69, 9.17) is 9.47 Å². The van der Waals surface area contributed by atoms with Crippen molar-refractivity contribution in [1.82, 2.24) is 4.90 Å². The number of carbonyl (C=O) groups excluding carboxylic acids is 1. The maximum absolute atomic E-state index is 12.7. The van der Waals surface area contributed by atoms with Crippen LogP contribution in [0.3, 0.4) is 0 Å². The number of anilines is 2. The van der Waals surface area contributed by atoms with Gasteiger partial charge in [0, 0.05) is 37.9 Å². The number of rotatable bonds is 5. The number of para-hydroxylation sites is 1. The molecule has 2 aromatic carbocycles. The Labute approximate surface area is 167 Å². The molecule has 1 aliphatic rings. The molecule has 6 heteroatoms. The lowest BCUT2D eigenvalue weighted by Gasteiger charge is -2.37. The van der Waals surface area contributed by atoms with Crippen LogP contribution in [0.15, 0.2) is 36.4 Å². The summed E-state index contributed by atoms with van der Waals surface area (Å²) in [5.74, 6) is 1.27. The minimum Gasteiger partial charge on any atom is -0.497 e. The van der Waals surface area contributed by atoms with Crippen LogP contribution in [0.25, 0.3) is 0 Å². The van der Waals surface area contributed by atoms with Crippen molar-refractivity contribution in [2.45, 2.75) is 20.3 Å².